The first-order valence-electron chi connectivity index (χ1n) is 8.83. The van der Waals surface area contributed by atoms with Crippen LogP contribution in [0.5, 0.6) is 0 Å². The van der Waals surface area contributed by atoms with Gasteiger partial charge in [0.25, 0.3) is 0 Å². The highest BCUT2D eigenvalue weighted by Gasteiger charge is 2.41. The zero-order valence-electron chi connectivity index (χ0n) is 13.6. The molecular formula is C19H27ClN2O. The van der Waals surface area contributed by atoms with Crippen LogP contribution in [0, 0.1) is 17.8 Å². The lowest BCUT2D eigenvalue weighted by molar-refractivity contribution is -0.139. The van der Waals surface area contributed by atoms with Crippen molar-refractivity contribution in [3.63, 3.8) is 0 Å². The maximum absolute atomic E-state index is 13.0. The van der Waals surface area contributed by atoms with Crippen molar-refractivity contribution in [1.82, 2.24) is 4.90 Å². The van der Waals surface area contributed by atoms with E-state index in [0.717, 1.165) is 32.4 Å². The monoisotopic (exact) mass is 334 g/mol. The van der Waals surface area contributed by atoms with E-state index in [2.05, 4.69) is 29.2 Å². The van der Waals surface area contributed by atoms with Gasteiger partial charge in [-0.2, -0.15) is 0 Å². The Morgan fingerprint density at radius 2 is 1.74 bits per heavy atom. The molecule has 2 fully saturated rings. The fourth-order valence-corrected chi connectivity index (χ4v) is 4.93. The molecule has 2 unspecified atom stereocenters. The normalized spacial score (nSPS) is 32.7. The average molecular weight is 335 g/mol. The minimum atomic E-state index is 0. The largest absolute Gasteiger partial charge is 0.338 e. The van der Waals surface area contributed by atoms with Crippen molar-refractivity contribution < 1.29 is 4.79 Å². The van der Waals surface area contributed by atoms with Crippen molar-refractivity contribution in [3.05, 3.63) is 35.4 Å². The standard InChI is InChI=1S/C19H26N2O.ClH/c20-18-14-6-3-7-15(18)11-17(10-14)19(22)21-9-8-13-4-1-2-5-16(13)12-21;/h1-2,4-5,14-15,17-18H,3,6-12,20H2;1H. The van der Waals surface area contributed by atoms with Crippen molar-refractivity contribution >= 4 is 18.3 Å². The first-order chi connectivity index (χ1) is 10.7. The number of carbonyl (C=O) groups excluding carboxylic acids is 1. The van der Waals surface area contributed by atoms with Crippen LogP contribution in [0.1, 0.15) is 43.2 Å². The molecule has 0 aromatic heterocycles. The van der Waals surface area contributed by atoms with Crippen LogP contribution in [-0.2, 0) is 17.8 Å². The summed E-state index contributed by atoms with van der Waals surface area (Å²) in [6.45, 7) is 1.68. The van der Waals surface area contributed by atoms with E-state index >= 15 is 0 Å². The van der Waals surface area contributed by atoms with Crippen molar-refractivity contribution in [2.75, 3.05) is 6.54 Å². The van der Waals surface area contributed by atoms with Crippen molar-refractivity contribution in [1.29, 1.82) is 0 Å². The van der Waals surface area contributed by atoms with Crippen molar-refractivity contribution in [3.8, 4) is 0 Å². The van der Waals surface area contributed by atoms with Crippen molar-refractivity contribution in [2.24, 2.45) is 23.5 Å². The predicted molar refractivity (Wildman–Crippen MR) is 94.3 cm³/mol. The lowest BCUT2D eigenvalue weighted by atomic mass is 9.65. The van der Waals surface area contributed by atoms with Crippen LogP contribution in [0.4, 0.5) is 0 Å². The highest BCUT2D eigenvalue weighted by atomic mass is 35.5. The van der Waals surface area contributed by atoms with E-state index in [1.165, 1.54) is 30.4 Å². The quantitative estimate of drug-likeness (QED) is 0.857. The van der Waals surface area contributed by atoms with E-state index in [1.54, 1.807) is 0 Å². The molecule has 1 aromatic rings. The van der Waals surface area contributed by atoms with Crippen LogP contribution >= 0.6 is 12.4 Å². The van der Waals surface area contributed by atoms with Gasteiger partial charge in [0.15, 0.2) is 0 Å². The predicted octanol–water partition coefficient (Wildman–Crippen LogP) is 3.15. The summed E-state index contributed by atoms with van der Waals surface area (Å²) in [5.41, 5.74) is 9.10. The Kier molecular flexibility index (Phi) is 4.98. The second kappa shape index (κ2) is 6.82. The third kappa shape index (κ3) is 3.14. The van der Waals surface area contributed by atoms with Gasteiger partial charge in [-0.15, -0.1) is 12.4 Å². The number of hydrogen-bond donors (Lipinski definition) is 1. The fraction of sp³-hybridized carbons (Fsp3) is 0.632. The Bertz CT molecular complexity index is 562. The molecule has 2 bridgehead atoms. The number of carbonyl (C=O) groups is 1. The number of hydrogen-bond acceptors (Lipinski definition) is 2. The molecule has 3 aliphatic rings. The second-order valence-electron chi connectivity index (χ2n) is 7.48. The van der Waals surface area contributed by atoms with Crippen LogP contribution in [-0.4, -0.2) is 23.4 Å². The Morgan fingerprint density at radius 1 is 1.09 bits per heavy atom. The van der Waals surface area contributed by atoms with Crippen LogP contribution in [0.2, 0.25) is 0 Å². The Balaban J connectivity index is 0.00000156. The fourth-order valence-electron chi connectivity index (χ4n) is 4.93. The smallest absolute Gasteiger partial charge is 0.226 e. The molecule has 23 heavy (non-hydrogen) atoms. The first kappa shape index (κ1) is 16.8. The molecule has 0 radical (unpaired) electrons. The van der Waals surface area contributed by atoms with Gasteiger partial charge in [0, 0.05) is 25.0 Å². The number of halogens is 1. The van der Waals surface area contributed by atoms with Gasteiger partial charge in [0.2, 0.25) is 5.91 Å². The molecule has 2 aliphatic carbocycles. The van der Waals surface area contributed by atoms with Gasteiger partial charge in [0.1, 0.15) is 0 Å². The van der Waals surface area contributed by atoms with E-state index in [0.29, 0.717) is 23.8 Å². The van der Waals surface area contributed by atoms with Crippen LogP contribution < -0.4 is 5.73 Å². The number of benzene rings is 1. The third-order valence-electron chi connectivity index (χ3n) is 6.20. The molecule has 3 nitrogen and oxygen atoms in total. The molecule has 1 heterocycles. The summed E-state index contributed by atoms with van der Waals surface area (Å²) in [5.74, 6) is 1.77. The third-order valence-corrected chi connectivity index (χ3v) is 6.20. The summed E-state index contributed by atoms with van der Waals surface area (Å²) in [7, 11) is 0. The molecule has 1 aromatic carbocycles. The van der Waals surface area contributed by atoms with E-state index in [1.807, 2.05) is 0 Å². The SMILES string of the molecule is Cl.NC1C2CCCC1CC(C(=O)N1CCc3ccccc3C1)C2. The van der Waals surface area contributed by atoms with Gasteiger partial charge >= 0.3 is 0 Å². The Hall–Kier alpha value is -1.06. The molecule has 4 heteroatoms. The molecule has 2 atom stereocenters. The van der Waals surface area contributed by atoms with Crippen LogP contribution in [0.25, 0.3) is 0 Å². The molecular weight excluding hydrogens is 308 g/mol. The zero-order valence-corrected chi connectivity index (χ0v) is 14.4. The minimum absolute atomic E-state index is 0. The summed E-state index contributed by atoms with van der Waals surface area (Å²) in [4.78, 5) is 15.1. The molecule has 2 saturated carbocycles. The summed E-state index contributed by atoms with van der Waals surface area (Å²) >= 11 is 0. The highest BCUT2D eigenvalue weighted by molar-refractivity contribution is 5.85. The van der Waals surface area contributed by atoms with Gasteiger partial charge in [-0.25, -0.2) is 0 Å². The molecule has 126 valence electrons. The molecule has 1 aliphatic heterocycles. The van der Waals surface area contributed by atoms with Gasteiger partial charge in [-0.1, -0.05) is 30.7 Å². The van der Waals surface area contributed by atoms with E-state index in [9.17, 15) is 4.79 Å². The van der Waals surface area contributed by atoms with Crippen LogP contribution in [0.3, 0.4) is 0 Å². The summed E-state index contributed by atoms with van der Waals surface area (Å²) in [6, 6.07) is 8.89. The lowest BCUT2D eigenvalue weighted by Crippen LogP contribution is -2.50. The molecule has 1 amide bonds. The van der Waals surface area contributed by atoms with Crippen molar-refractivity contribution in [2.45, 2.75) is 51.1 Å². The molecule has 0 spiro atoms. The molecule has 2 N–H and O–H groups in total. The topological polar surface area (TPSA) is 46.3 Å². The van der Waals surface area contributed by atoms with E-state index in [-0.39, 0.29) is 18.3 Å². The maximum Gasteiger partial charge on any atom is 0.226 e. The first-order valence-corrected chi connectivity index (χ1v) is 8.83. The highest BCUT2D eigenvalue weighted by Crippen LogP contribution is 2.42. The average Bonchev–Trinajstić information content (AvgIpc) is 2.53. The Morgan fingerprint density at radius 3 is 2.43 bits per heavy atom. The lowest BCUT2D eigenvalue weighted by Gasteiger charge is -2.45. The molecule has 4 rings (SSSR count). The van der Waals surface area contributed by atoms with Gasteiger partial charge < -0.3 is 10.6 Å². The van der Waals surface area contributed by atoms with Gasteiger partial charge in [-0.05, 0) is 55.1 Å². The van der Waals surface area contributed by atoms with Crippen LogP contribution in [0.15, 0.2) is 24.3 Å². The maximum atomic E-state index is 13.0. The Labute approximate surface area is 145 Å². The number of nitrogens with zero attached hydrogens (tertiary/aromatic N) is 1. The number of nitrogens with two attached hydrogens (primary N) is 1. The zero-order chi connectivity index (χ0) is 15.1. The van der Waals surface area contributed by atoms with E-state index < -0.39 is 0 Å². The van der Waals surface area contributed by atoms with Gasteiger partial charge in [-0.3, -0.25) is 4.79 Å². The minimum Gasteiger partial charge on any atom is -0.338 e. The molecule has 0 saturated heterocycles. The second-order valence-corrected chi connectivity index (χ2v) is 7.48. The summed E-state index contributed by atoms with van der Waals surface area (Å²) < 4.78 is 0. The number of amides is 1. The van der Waals surface area contributed by atoms with Gasteiger partial charge in [0.05, 0.1) is 0 Å². The van der Waals surface area contributed by atoms with E-state index in [4.69, 9.17) is 5.73 Å². The summed E-state index contributed by atoms with van der Waals surface area (Å²) in [5, 5.41) is 0. The number of rotatable bonds is 1. The number of fused-ring (bicyclic) bond motifs is 3. The summed E-state index contributed by atoms with van der Waals surface area (Å²) in [6.07, 6.45) is 6.81.